The first-order valence-corrected chi connectivity index (χ1v) is 7.32. The summed E-state index contributed by atoms with van der Waals surface area (Å²) in [5, 5.41) is 5.46. The van der Waals surface area contributed by atoms with Crippen molar-refractivity contribution in [1.29, 1.82) is 0 Å². The number of anilines is 1. The minimum atomic E-state index is -0.219. The third-order valence-corrected chi connectivity index (χ3v) is 3.74. The van der Waals surface area contributed by atoms with Crippen LogP contribution < -0.4 is 5.32 Å². The van der Waals surface area contributed by atoms with Crippen LogP contribution in [0.4, 0.5) is 9.52 Å². The Labute approximate surface area is 120 Å². The van der Waals surface area contributed by atoms with Gasteiger partial charge in [-0.3, -0.25) is 0 Å². The molecule has 0 spiro atoms. The fraction of sp³-hybridized carbons (Fsp3) is 0.200. The van der Waals surface area contributed by atoms with Crippen molar-refractivity contribution in [2.45, 2.75) is 13.3 Å². The topological polar surface area (TPSA) is 37.8 Å². The molecule has 5 heteroatoms. The Morgan fingerprint density at radius 1 is 1.15 bits per heavy atom. The summed E-state index contributed by atoms with van der Waals surface area (Å²) in [6, 6.07) is 10.6. The van der Waals surface area contributed by atoms with Crippen LogP contribution in [0.3, 0.4) is 0 Å². The molecule has 0 aliphatic heterocycles. The molecule has 0 saturated carbocycles. The maximum atomic E-state index is 13.8. The standard InChI is InChI=1S/C15H14FN3S/c1-2-9-17-15-18-14(19-20-15)12-7-8-13(16)11-6-4-3-5-10(11)12/h3-8H,2,9H2,1H3,(H,17,18,19). The van der Waals surface area contributed by atoms with E-state index in [4.69, 9.17) is 0 Å². The van der Waals surface area contributed by atoms with Crippen molar-refractivity contribution < 1.29 is 4.39 Å². The van der Waals surface area contributed by atoms with E-state index in [0.29, 0.717) is 11.2 Å². The van der Waals surface area contributed by atoms with Crippen LogP contribution >= 0.6 is 11.5 Å². The summed E-state index contributed by atoms with van der Waals surface area (Å²) in [4.78, 5) is 4.47. The minimum Gasteiger partial charge on any atom is -0.360 e. The summed E-state index contributed by atoms with van der Waals surface area (Å²) in [5.74, 6) is 0.425. The van der Waals surface area contributed by atoms with Gasteiger partial charge in [0, 0.05) is 29.0 Å². The Hall–Kier alpha value is -2.01. The first kappa shape index (κ1) is 13.0. The van der Waals surface area contributed by atoms with Gasteiger partial charge >= 0.3 is 0 Å². The van der Waals surface area contributed by atoms with Crippen molar-refractivity contribution in [2.24, 2.45) is 0 Å². The molecule has 3 nitrogen and oxygen atoms in total. The van der Waals surface area contributed by atoms with Gasteiger partial charge in [0.05, 0.1) is 0 Å². The van der Waals surface area contributed by atoms with E-state index in [1.165, 1.54) is 17.6 Å². The molecule has 2 aromatic carbocycles. The lowest BCUT2D eigenvalue weighted by Gasteiger charge is -2.04. The monoisotopic (exact) mass is 287 g/mol. The largest absolute Gasteiger partial charge is 0.360 e. The molecule has 3 aromatic rings. The highest BCUT2D eigenvalue weighted by atomic mass is 32.1. The van der Waals surface area contributed by atoms with Crippen molar-refractivity contribution in [3.05, 3.63) is 42.2 Å². The molecule has 102 valence electrons. The smallest absolute Gasteiger partial charge is 0.202 e. The van der Waals surface area contributed by atoms with Gasteiger partial charge in [-0.1, -0.05) is 31.2 Å². The normalized spacial score (nSPS) is 10.9. The number of halogens is 1. The second-order valence-electron chi connectivity index (χ2n) is 4.49. The first-order valence-electron chi connectivity index (χ1n) is 6.55. The van der Waals surface area contributed by atoms with Crippen LogP contribution in [0.25, 0.3) is 22.2 Å². The Bertz CT molecular complexity index is 739. The molecule has 0 bridgehead atoms. The summed E-state index contributed by atoms with van der Waals surface area (Å²) in [7, 11) is 0. The summed E-state index contributed by atoms with van der Waals surface area (Å²) in [6.45, 7) is 2.97. The number of rotatable bonds is 4. The Balaban J connectivity index is 2.06. The molecule has 3 rings (SSSR count). The molecule has 0 fully saturated rings. The molecule has 0 aliphatic carbocycles. The van der Waals surface area contributed by atoms with Crippen LogP contribution in [0.5, 0.6) is 0 Å². The highest BCUT2D eigenvalue weighted by Crippen LogP contribution is 2.30. The fourth-order valence-electron chi connectivity index (χ4n) is 2.09. The highest BCUT2D eigenvalue weighted by molar-refractivity contribution is 7.09. The number of benzene rings is 2. The van der Waals surface area contributed by atoms with Crippen molar-refractivity contribution in [1.82, 2.24) is 9.36 Å². The van der Waals surface area contributed by atoms with Crippen LogP contribution in [-0.2, 0) is 0 Å². The number of hydrogen-bond acceptors (Lipinski definition) is 4. The summed E-state index contributed by atoms with van der Waals surface area (Å²) in [6.07, 6.45) is 1.04. The van der Waals surface area contributed by atoms with E-state index in [-0.39, 0.29) is 5.82 Å². The lowest BCUT2D eigenvalue weighted by atomic mass is 10.0. The van der Waals surface area contributed by atoms with E-state index < -0.39 is 0 Å². The fourth-order valence-corrected chi connectivity index (χ4v) is 2.70. The van der Waals surface area contributed by atoms with E-state index in [9.17, 15) is 4.39 Å². The molecule has 0 aliphatic rings. The number of hydrogen-bond donors (Lipinski definition) is 1. The molecule has 1 N–H and O–H groups in total. The number of nitrogens with zero attached hydrogens (tertiary/aromatic N) is 2. The summed E-state index contributed by atoms with van der Waals surface area (Å²) < 4.78 is 18.2. The molecule has 0 radical (unpaired) electrons. The minimum absolute atomic E-state index is 0.219. The summed E-state index contributed by atoms with van der Waals surface area (Å²) in [5.41, 5.74) is 0.864. The second kappa shape index (κ2) is 5.54. The first-order chi connectivity index (χ1) is 9.79. The predicted octanol–water partition coefficient (Wildman–Crippen LogP) is 4.32. The van der Waals surface area contributed by atoms with Gasteiger partial charge in [-0.2, -0.15) is 9.36 Å². The molecule has 0 unspecified atom stereocenters. The Morgan fingerprint density at radius 3 is 2.75 bits per heavy atom. The molecule has 1 aromatic heterocycles. The SMILES string of the molecule is CCCNc1nc(-c2ccc(F)c3ccccc23)ns1. The van der Waals surface area contributed by atoms with E-state index >= 15 is 0 Å². The van der Waals surface area contributed by atoms with Gasteiger partial charge in [0.2, 0.25) is 5.13 Å². The van der Waals surface area contributed by atoms with Crippen LogP contribution in [0.2, 0.25) is 0 Å². The number of aromatic nitrogens is 2. The molecule has 20 heavy (non-hydrogen) atoms. The molecule has 0 amide bonds. The van der Waals surface area contributed by atoms with Gasteiger partial charge in [-0.25, -0.2) is 4.39 Å². The van der Waals surface area contributed by atoms with E-state index in [1.54, 1.807) is 12.1 Å². The van der Waals surface area contributed by atoms with Crippen molar-refractivity contribution >= 4 is 27.4 Å². The van der Waals surface area contributed by atoms with Crippen LogP contribution in [0, 0.1) is 5.82 Å². The van der Waals surface area contributed by atoms with Crippen molar-refractivity contribution in [3.63, 3.8) is 0 Å². The predicted molar refractivity (Wildman–Crippen MR) is 81.6 cm³/mol. The van der Waals surface area contributed by atoms with E-state index in [1.807, 2.05) is 18.2 Å². The molecule has 0 atom stereocenters. The lowest BCUT2D eigenvalue weighted by Crippen LogP contribution is -1.98. The summed E-state index contributed by atoms with van der Waals surface area (Å²) >= 11 is 1.33. The average Bonchev–Trinajstić information content (AvgIpc) is 2.94. The quantitative estimate of drug-likeness (QED) is 0.776. The number of fused-ring (bicyclic) bond motifs is 1. The van der Waals surface area contributed by atoms with Crippen molar-refractivity contribution in [3.8, 4) is 11.4 Å². The van der Waals surface area contributed by atoms with Crippen LogP contribution in [-0.4, -0.2) is 15.9 Å². The zero-order valence-corrected chi connectivity index (χ0v) is 11.9. The van der Waals surface area contributed by atoms with Crippen molar-refractivity contribution in [2.75, 3.05) is 11.9 Å². The van der Waals surface area contributed by atoms with Gasteiger partial charge in [-0.05, 0) is 23.9 Å². The second-order valence-corrected chi connectivity index (χ2v) is 5.24. The average molecular weight is 287 g/mol. The Kier molecular flexibility index (Phi) is 3.60. The third kappa shape index (κ3) is 2.36. The Morgan fingerprint density at radius 2 is 1.95 bits per heavy atom. The maximum Gasteiger partial charge on any atom is 0.202 e. The molecular formula is C15H14FN3S. The zero-order chi connectivity index (χ0) is 13.9. The third-order valence-electron chi connectivity index (χ3n) is 3.06. The van der Waals surface area contributed by atoms with E-state index in [2.05, 4.69) is 21.6 Å². The number of nitrogens with one attached hydrogen (secondary N) is 1. The van der Waals surface area contributed by atoms with Crippen LogP contribution in [0.15, 0.2) is 36.4 Å². The lowest BCUT2D eigenvalue weighted by molar-refractivity contribution is 0.640. The molecule has 0 saturated heterocycles. The zero-order valence-electron chi connectivity index (χ0n) is 11.1. The maximum absolute atomic E-state index is 13.8. The molecule has 1 heterocycles. The van der Waals surface area contributed by atoms with E-state index in [0.717, 1.165) is 29.0 Å². The highest BCUT2D eigenvalue weighted by Gasteiger charge is 2.11. The van der Waals surface area contributed by atoms with Gasteiger partial charge in [-0.15, -0.1) is 0 Å². The van der Waals surface area contributed by atoms with Gasteiger partial charge < -0.3 is 5.32 Å². The molecular weight excluding hydrogens is 273 g/mol. The van der Waals surface area contributed by atoms with Gasteiger partial charge in [0.15, 0.2) is 5.82 Å². The van der Waals surface area contributed by atoms with Crippen LogP contribution in [0.1, 0.15) is 13.3 Å². The van der Waals surface area contributed by atoms with Gasteiger partial charge in [0.25, 0.3) is 0 Å². The van der Waals surface area contributed by atoms with Gasteiger partial charge in [0.1, 0.15) is 5.82 Å².